The van der Waals surface area contributed by atoms with Gasteiger partial charge in [-0.05, 0) is 98.2 Å². The quantitative estimate of drug-likeness (QED) is 0.413. The summed E-state index contributed by atoms with van der Waals surface area (Å²) >= 11 is 0. The van der Waals surface area contributed by atoms with E-state index < -0.39 is 22.9 Å². The van der Waals surface area contributed by atoms with E-state index in [4.69, 9.17) is 9.47 Å². The van der Waals surface area contributed by atoms with Crippen molar-refractivity contribution in [3.05, 3.63) is 34.9 Å². The first-order valence-corrected chi connectivity index (χ1v) is 15.2. The van der Waals surface area contributed by atoms with E-state index in [1.807, 2.05) is 6.92 Å². The highest BCUT2D eigenvalue weighted by Crippen LogP contribution is 2.75. The summed E-state index contributed by atoms with van der Waals surface area (Å²) in [5.41, 5.74) is 1.42. The lowest BCUT2D eigenvalue weighted by Gasteiger charge is -2.70. The van der Waals surface area contributed by atoms with Crippen molar-refractivity contribution in [2.45, 2.75) is 106 Å². The van der Waals surface area contributed by atoms with Gasteiger partial charge in [-0.15, -0.1) is 0 Å². The highest BCUT2D eigenvalue weighted by molar-refractivity contribution is 5.99. The normalized spacial score (nSPS) is 45.9. The highest BCUT2D eigenvalue weighted by Gasteiger charge is 2.68. The summed E-state index contributed by atoms with van der Waals surface area (Å²) in [6, 6.07) is 0. The number of methoxy groups -OCH3 is 1. The lowest BCUT2D eigenvalue weighted by Crippen LogP contribution is -2.62. The summed E-state index contributed by atoms with van der Waals surface area (Å²) in [6.07, 6.45) is 12.0. The molecule has 5 rings (SSSR count). The average molecular weight is 553 g/mol. The fourth-order valence-electron chi connectivity index (χ4n) is 9.79. The van der Waals surface area contributed by atoms with E-state index >= 15 is 0 Å². The maximum absolute atomic E-state index is 13.6. The van der Waals surface area contributed by atoms with Gasteiger partial charge in [-0.1, -0.05) is 52.3 Å². The van der Waals surface area contributed by atoms with Gasteiger partial charge < -0.3 is 14.6 Å². The summed E-state index contributed by atoms with van der Waals surface area (Å²) in [5, 5.41) is 10.6. The molecule has 8 atom stereocenters. The van der Waals surface area contributed by atoms with Crippen LogP contribution in [0.2, 0.25) is 0 Å². The lowest BCUT2D eigenvalue weighted by atomic mass is 9.34. The largest absolute Gasteiger partial charge is 0.469 e. The minimum Gasteiger partial charge on any atom is -0.469 e. The Morgan fingerprint density at radius 1 is 0.950 bits per heavy atom. The van der Waals surface area contributed by atoms with Gasteiger partial charge in [0.2, 0.25) is 0 Å². The number of esters is 2. The molecule has 6 nitrogen and oxygen atoms in total. The van der Waals surface area contributed by atoms with Gasteiger partial charge in [0.1, 0.15) is 0 Å². The zero-order valence-corrected chi connectivity index (χ0v) is 25.7. The van der Waals surface area contributed by atoms with Crippen LogP contribution in [0.25, 0.3) is 0 Å². The van der Waals surface area contributed by atoms with E-state index in [0.717, 1.165) is 56.1 Å². The number of ether oxygens (including phenoxy) is 2. The molecule has 1 N–H and O–H groups in total. The molecule has 0 bridgehead atoms. The first-order valence-electron chi connectivity index (χ1n) is 15.2. The zero-order chi connectivity index (χ0) is 29.5. The number of fused-ring (bicyclic) bond motifs is 7. The van der Waals surface area contributed by atoms with Gasteiger partial charge in [-0.2, -0.15) is 0 Å². The summed E-state index contributed by atoms with van der Waals surface area (Å²) < 4.78 is 10.9. The molecule has 0 heterocycles. The van der Waals surface area contributed by atoms with Crippen molar-refractivity contribution in [3.63, 3.8) is 0 Å². The average Bonchev–Trinajstić information content (AvgIpc) is 2.93. The summed E-state index contributed by atoms with van der Waals surface area (Å²) in [6.45, 7) is 14.9. The molecule has 5 aliphatic carbocycles. The predicted molar refractivity (Wildman–Crippen MR) is 153 cm³/mol. The first kappa shape index (κ1) is 29.3. The third kappa shape index (κ3) is 3.66. The minimum atomic E-state index is -1.03. The molecule has 6 heteroatoms. The second kappa shape index (κ2) is 9.14. The van der Waals surface area contributed by atoms with Crippen LogP contribution in [0.3, 0.4) is 0 Å². The first-order chi connectivity index (χ1) is 18.6. The van der Waals surface area contributed by atoms with Crippen LogP contribution in [-0.2, 0) is 23.9 Å². The number of aliphatic hydroxyl groups is 1. The number of ketones is 1. The number of carbonyl (C=O) groups is 3. The third-order valence-corrected chi connectivity index (χ3v) is 12.9. The van der Waals surface area contributed by atoms with Gasteiger partial charge in [0.15, 0.2) is 11.9 Å². The van der Waals surface area contributed by atoms with E-state index in [9.17, 15) is 19.5 Å². The summed E-state index contributed by atoms with van der Waals surface area (Å²) in [7, 11) is 1.50. The Balaban J connectivity index is 1.61. The van der Waals surface area contributed by atoms with Crippen molar-refractivity contribution in [3.8, 4) is 0 Å². The molecule has 0 amide bonds. The van der Waals surface area contributed by atoms with Crippen LogP contribution in [0.1, 0.15) is 99.8 Å². The molecular formula is C34H48O6. The predicted octanol–water partition coefficient (Wildman–Crippen LogP) is 6.27. The molecule has 0 unspecified atom stereocenters. The van der Waals surface area contributed by atoms with Crippen LogP contribution in [-0.4, -0.2) is 42.6 Å². The lowest BCUT2D eigenvalue weighted by molar-refractivity contribution is -0.180. The van der Waals surface area contributed by atoms with Gasteiger partial charge in [0.25, 0.3) is 0 Å². The second-order valence-corrected chi connectivity index (χ2v) is 15.0. The monoisotopic (exact) mass is 552 g/mol. The Morgan fingerprint density at radius 2 is 1.62 bits per heavy atom. The molecule has 0 aliphatic heterocycles. The van der Waals surface area contributed by atoms with Crippen LogP contribution in [0.5, 0.6) is 0 Å². The smallest absolute Gasteiger partial charge is 0.311 e. The maximum atomic E-state index is 13.6. The van der Waals surface area contributed by atoms with E-state index in [2.05, 4.69) is 46.8 Å². The molecular weight excluding hydrogens is 504 g/mol. The molecule has 0 radical (unpaired) electrons. The molecule has 3 fully saturated rings. The Morgan fingerprint density at radius 3 is 2.25 bits per heavy atom. The number of carbonyl (C=O) groups excluding carboxylic acids is 3. The highest BCUT2D eigenvalue weighted by atomic mass is 16.5. The Hall–Kier alpha value is -2.21. The van der Waals surface area contributed by atoms with E-state index in [1.54, 1.807) is 13.0 Å². The summed E-state index contributed by atoms with van der Waals surface area (Å²) in [4.78, 5) is 38.7. The molecule has 0 aromatic carbocycles. The molecule has 0 aromatic rings. The van der Waals surface area contributed by atoms with Crippen molar-refractivity contribution in [1.82, 2.24) is 0 Å². The molecule has 40 heavy (non-hydrogen) atoms. The molecule has 0 spiro atoms. The summed E-state index contributed by atoms with van der Waals surface area (Å²) in [5.74, 6) is -0.409. The van der Waals surface area contributed by atoms with Gasteiger partial charge in [0.05, 0.1) is 24.5 Å². The third-order valence-electron chi connectivity index (χ3n) is 12.9. The fourth-order valence-corrected chi connectivity index (χ4v) is 9.79. The molecule has 5 aliphatic rings. The van der Waals surface area contributed by atoms with Crippen LogP contribution in [0, 0.1) is 38.4 Å². The molecule has 0 saturated heterocycles. The Kier molecular flexibility index (Phi) is 6.70. The minimum absolute atomic E-state index is 0.0227. The van der Waals surface area contributed by atoms with E-state index in [0.29, 0.717) is 5.92 Å². The van der Waals surface area contributed by atoms with Crippen molar-refractivity contribution in [2.75, 3.05) is 13.7 Å². The van der Waals surface area contributed by atoms with Crippen LogP contribution in [0.4, 0.5) is 0 Å². The number of rotatable bonds is 4. The fraction of sp³-hybridized carbons (Fsp3) is 0.735. The van der Waals surface area contributed by atoms with E-state index in [-0.39, 0.29) is 46.4 Å². The van der Waals surface area contributed by atoms with Crippen LogP contribution >= 0.6 is 0 Å². The van der Waals surface area contributed by atoms with E-state index in [1.165, 1.54) is 12.7 Å². The van der Waals surface area contributed by atoms with Gasteiger partial charge in [-0.25, -0.2) is 0 Å². The number of allylic oxidation sites excluding steroid dienone is 4. The van der Waals surface area contributed by atoms with Crippen LogP contribution < -0.4 is 0 Å². The van der Waals surface area contributed by atoms with Gasteiger partial charge >= 0.3 is 11.9 Å². The Labute approximate surface area is 239 Å². The van der Waals surface area contributed by atoms with Crippen molar-refractivity contribution < 1.29 is 29.0 Å². The Bertz CT molecular complexity index is 1240. The maximum Gasteiger partial charge on any atom is 0.311 e. The topological polar surface area (TPSA) is 89.9 Å². The van der Waals surface area contributed by atoms with Crippen molar-refractivity contribution in [1.29, 1.82) is 0 Å². The second-order valence-electron chi connectivity index (χ2n) is 15.0. The molecule has 3 saturated carbocycles. The number of aliphatic hydroxyl groups excluding tert-OH is 1. The van der Waals surface area contributed by atoms with Crippen LogP contribution in [0.15, 0.2) is 34.9 Å². The van der Waals surface area contributed by atoms with Gasteiger partial charge in [-0.3, -0.25) is 14.4 Å². The van der Waals surface area contributed by atoms with Crippen molar-refractivity contribution in [2.24, 2.45) is 38.4 Å². The zero-order valence-electron chi connectivity index (χ0n) is 25.7. The van der Waals surface area contributed by atoms with Gasteiger partial charge in [0, 0.05) is 11.8 Å². The molecule has 220 valence electrons. The SMILES string of the molecule is CCC(=O)O[C@H]1C(=O)C=C2C(=CC=C3[C@@]2(C)CC[C@@]2(C)[C@@H]4C[C@](C)(C(=O)OC)CC[C@]4(C)CC[C@]32C)[C@]1(C)CO. The molecule has 0 aromatic heterocycles. The number of hydrogen-bond acceptors (Lipinski definition) is 6. The number of hydrogen-bond donors (Lipinski definition) is 1. The van der Waals surface area contributed by atoms with Crippen molar-refractivity contribution >= 4 is 17.7 Å². The standard InChI is InChI=1S/C34H48O6/c1-9-26(37)40-27-23(36)18-22-21(32(27,5)20-35)10-11-24-31(22,4)15-17-34(7)25-19-30(3,28(38)39-8)13-12-29(25,2)14-16-33(24,34)6/h10-11,18,25,27,35H,9,12-17,19-20H2,1-8H3/t25-,27+,29-,30-,31+,32+,33-,34+/m1/s1.